The lowest BCUT2D eigenvalue weighted by molar-refractivity contribution is -0.133. The van der Waals surface area contributed by atoms with Crippen LogP contribution in [0, 0.1) is 5.92 Å². The maximum absolute atomic E-state index is 12.4. The third kappa shape index (κ3) is 4.30. The predicted molar refractivity (Wildman–Crippen MR) is 124 cm³/mol. The van der Waals surface area contributed by atoms with E-state index in [2.05, 4.69) is 9.80 Å². The Balaban J connectivity index is 1.46. The van der Waals surface area contributed by atoms with Crippen molar-refractivity contribution in [3.8, 4) is 0 Å². The van der Waals surface area contributed by atoms with Crippen molar-refractivity contribution in [1.82, 2.24) is 19.8 Å². The fourth-order valence-corrected chi connectivity index (χ4v) is 6.42. The number of morpholine rings is 1. The number of amides is 1. The molecule has 2 saturated heterocycles. The van der Waals surface area contributed by atoms with E-state index in [1.54, 1.807) is 4.90 Å². The molecule has 2 aromatic rings. The molecule has 8 heteroatoms. The topological polar surface area (TPSA) is 61.8 Å². The van der Waals surface area contributed by atoms with Crippen molar-refractivity contribution >= 4 is 33.3 Å². The summed E-state index contributed by atoms with van der Waals surface area (Å²) < 4.78 is 5.51. The van der Waals surface area contributed by atoms with Crippen LogP contribution in [0.5, 0.6) is 0 Å². The summed E-state index contributed by atoms with van der Waals surface area (Å²) in [6, 6.07) is 0. The molecule has 31 heavy (non-hydrogen) atoms. The molecule has 0 saturated carbocycles. The third-order valence-corrected chi connectivity index (χ3v) is 8.08. The summed E-state index contributed by atoms with van der Waals surface area (Å²) in [6.07, 6.45) is 6.65. The van der Waals surface area contributed by atoms with Crippen LogP contribution in [0.15, 0.2) is 0 Å². The Labute approximate surface area is 188 Å². The molecule has 2 aromatic heterocycles. The molecule has 0 N–H and O–H groups in total. The van der Waals surface area contributed by atoms with Gasteiger partial charge in [0, 0.05) is 51.1 Å². The van der Waals surface area contributed by atoms with Crippen molar-refractivity contribution in [3.05, 3.63) is 16.3 Å². The maximum Gasteiger partial charge on any atom is 0.225 e. The van der Waals surface area contributed by atoms with Crippen molar-refractivity contribution < 1.29 is 9.53 Å². The maximum atomic E-state index is 12.4. The van der Waals surface area contributed by atoms with Crippen molar-refractivity contribution in [2.75, 3.05) is 58.4 Å². The van der Waals surface area contributed by atoms with Gasteiger partial charge in [0.2, 0.25) is 5.91 Å². The Kier molecular flexibility index (Phi) is 6.12. The molecule has 0 bridgehead atoms. The first kappa shape index (κ1) is 21.1. The largest absolute Gasteiger partial charge is 0.379 e. The highest BCUT2D eigenvalue weighted by Crippen LogP contribution is 2.40. The zero-order chi connectivity index (χ0) is 21.4. The van der Waals surface area contributed by atoms with E-state index in [-0.39, 0.29) is 11.8 Å². The van der Waals surface area contributed by atoms with Crippen LogP contribution in [0.2, 0.25) is 0 Å². The van der Waals surface area contributed by atoms with Gasteiger partial charge in [-0.25, -0.2) is 9.97 Å². The molecule has 0 unspecified atom stereocenters. The molecule has 3 aliphatic rings. The number of thiophene rings is 1. The highest BCUT2D eigenvalue weighted by Gasteiger charge is 2.30. The zero-order valence-electron chi connectivity index (χ0n) is 18.7. The standard InChI is InChI=1S/C23H33N5O2S/c1-26(2)23(29)16-7-9-28(10-8-16)21-20-17-5-3-4-6-18(17)31-22(20)25-19(24-21)15-27-11-13-30-14-12-27/h16H,3-15H2,1-2H3. The Morgan fingerprint density at radius 3 is 2.58 bits per heavy atom. The Hall–Kier alpha value is -1.77. The second-order valence-electron chi connectivity index (χ2n) is 9.24. The summed E-state index contributed by atoms with van der Waals surface area (Å²) in [4.78, 5) is 31.9. The summed E-state index contributed by atoms with van der Waals surface area (Å²) in [5.41, 5.74) is 1.49. The van der Waals surface area contributed by atoms with E-state index in [9.17, 15) is 4.79 Å². The number of anilines is 1. The van der Waals surface area contributed by atoms with Crippen molar-refractivity contribution in [3.63, 3.8) is 0 Å². The summed E-state index contributed by atoms with van der Waals surface area (Å²) in [5, 5.41) is 1.29. The van der Waals surface area contributed by atoms with Gasteiger partial charge in [0.05, 0.1) is 25.1 Å². The van der Waals surface area contributed by atoms with Crippen LogP contribution in [0.4, 0.5) is 5.82 Å². The molecule has 4 heterocycles. The molecular weight excluding hydrogens is 410 g/mol. The molecule has 168 valence electrons. The van der Waals surface area contributed by atoms with Gasteiger partial charge in [0.15, 0.2) is 0 Å². The second kappa shape index (κ2) is 9.00. The van der Waals surface area contributed by atoms with Gasteiger partial charge < -0.3 is 14.5 Å². The van der Waals surface area contributed by atoms with E-state index in [0.29, 0.717) is 0 Å². The highest BCUT2D eigenvalue weighted by molar-refractivity contribution is 7.19. The lowest BCUT2D eigenvalue weighted by atomic mass is 9.94. The fraction of sp³-hybridized carbons (Fsp3) is 0.696. The van der Waals surface area contributed by atoms with Gasteiger partial charge in [-0.2, -0.15) is 0 Å². The Morgan fingerprint density at radius 2 is 1.84 bits per heavy atom. The lowest BCUT2D eigenvalue weighted by Crippen LogP contribution is -2.41. The van der Waals surface area contributed by atoms with E-state index in [4.69, 9.17) is 14.7 Å². The van der Waals surface area contributed by atoms with Gasteiger partial charge in [-0.1, -0.05) is 0 Å². The molecule has 0 radical (unpaired) electrons. The van der Waals surface area contributed by atoms with Crippen LogP contribution in [-0.4, -0.2) is 79.2 Å². The minimum atomic E-state index is 0.132. The first-order valence-corrected chi connectivity index (χ1v) is 12.5. The summed E-state index contributed by atoms with van der Waals surface area (Å²) in [6.45, 7) is 6.01. The van der Waals surface area contributed by atoms with E-state index in [1.807, 2.05) is 25.4 Å². The van der Waals surface area contributed by atoms with Crippen LogP contribution in [0.3, 0.4) is 0 Å². The van der Waals surface area contributed by atoms with E-state index >= 15 is 0 Å². The number of fused-ring (bicyclic) bond motifs is 3. The van der Waals surface area contributed by atoms with Gasteiger partial charge in [-0.3, -0.25) is 9.69 Å². The van der Waals surface area contributed by atoms with E-state index in [0.717, 1.165) is 81.7 Å². The molecule has 1 aliphatic carbocycles. The number of carbonyl (C=O) groups excluding carboxylic acids is 1. The van der Waals surface area contributed by atoms with Gasteiger partial charge >= 0.3 is 0 Å². The average Bonchev–Trinajstić information content (AvgIpc) is 3.17. The minimum absolute atomic E-state index is 0.132. The molecule has 2 fully saturated rings. The number of nitrogens with zero attached hydrogens (tertiary/aromatic N) is 5. The molecule has 0 aromatic carbocycles. The summed E-state index contributed by atoms with van der Waals surface area (Å²) in [7, 11) is 3.72. The van der Waals surface area contributed by atoms with Gasteiger partial charge in [0.25, 0.3) is 0 Å². The molecule has 7 nitrogen and oxygen atoms in total. The zero-order valence-corrected chi connectivity index (χ0v) is 19.5. The minimum Gasteiger partial charge on any atom is -0.379 e. The van der Waals surface area contributed by atoms with E-state index < -0.39 is 0 Å². The number of rotatable bonds is 4. The smallest absolute Gasteiger partial charge is 0.225 e. The number of hydrogen-bond acceptors (Lipinski definition) is 7. The predicted octanol–water partition coefficient (Wildman–Crippen LogP) is 2.71. The second-order valence-corrected chi connectivity index (χ2v) is 10.3. The number of hydrogen-bond donors (Lipinski definition) is 0. The van der Waals surface area contributed by atoms with Gasteiger partial charge in [-0.05, 0) is 44.1 Å². The number of carbonyl (C=O) groups is 1. The van der Waals surface area contributed by atoms with Crippen LogP contribution in [0.25, 0.3) is 10.2 Å². The van der Waals surface area contributed by atoms with Crippen LogP contribution in [-0.2, 0) is 28.9 Å². The van der Waals surface area contributed by atoms with Gasteiger partial charge in [-0.15, -0.1) is 11.3 Å². The van der Waals surface area contributed by atoms with Crippen molar-refractivity contribution in [2.45, 2.75) is 45.1 Å². The van der Waals surface area contributed by atoms with Gasteiger partial charge in [0.1, 0.15) is 16.5 Å². The number of piperidine rings is 1. The Bertz CT molecular complexity index is 945. The normalized spacial score (nSPS) is 20.8. The molecule has 0 spiro atoms. The molecule has 0 atom stereocenters. The van der Waals surface area contributed by atoms with Crippen LogP contribution in [0.1, 0.15) is 41.9 Å². The Morgan fingerprint density at radius 1 is 1.10 bits per heavy atom. The summed E-state index contributed by atoms with van der Waals surface area (Å²) in [5.74, 6) is 2.43. The first-order valence-electron chi connectivity index (χ1n) is 11.7. The van der Waals surface area contributed by atoms with E-state index in [1.165, 1.54) is 35.1 Å². The average molecular weight is 444 g/mol. The first-order chi connectivity index (χ1) is 15.1. The van der Waals surface area contributed by atoms with Crippen LogP contribution >= 0.6 is 11.3 Å². The number of aromatic nitrogens is 2. The molecule has 5 rings (SSSR count). The fourth-order valence-electron chi connectivity index (χ4n) is 5.14. The van der Waals surface area contributed by atoms with Crippen molar-refractivity contribution in [1.29, 1.82) is 0 Å². The highest BCUT2D eigenvalue weighted by atomic mass is 32.1. The molecule has 2 aliphatic heterocycles. The van der Waals surface area contributed by atoms with Crippen LogP contribution < -0.4 is 4.90 Å². The SMILES string of the molecule is CN(C)C(=O)C1CCN(c2nc(CN3CCOCC3)nc3sc4c(c23)CCCC4)CC1. The third-order valence-electron chi connectivity index (χ3n) is 6.90. The van der Waals surface area contributed by atoms with Crippen molar-refractivity contribution in [2.24, 2.45) is 5.92 Å². The number of ether oxygens (including phenoxy) is 1. The quantitative estimate of drug-likeness (QED) is 0.724. The lowest BCUT2D eigenvalue weighted by Gasteiger charge is -2.34. The summed E-state index contributed by atoms with van der Waals surface area (Å²) >= 11 is 1.88. The molecular formula is C23H33N5O2S. The number of aryl methyl sites for hydroxylation is 2. The monoisotopic (exact) mass is 443 g/mol. The molecule has 1 amide bonds.